The van der Waals surface area contributed by atoms with Crippen molar-refractivity contribution in [1.82, 2.24) is 0 Å². The topological polar surface area (TPSA) is 27.7 Å². The minimum atomic E-state index is -2.82. The molecular weight excluding hydrogens is 359 g/mol. The average molecular weight is 391 g/mol. The summed E-state index contributed by atoms with van der Waals surface area (Å²) < 4.78 is 18.9. The molecular formula is C21H31O3PSi. The van der Waals surface area contributed by atoms with Crippen LogP contribution in [0, 0.1) is 0 Å². The van der Waals surface area contributed by atoms with Crippen LogP contribution in [0.15, 0.2) is 60.7 Å². The lowest BCUT2D eigenvalue weighted by Gasteiger charge is -2.39. The summed E-state index contributed by atoms with van der Waals surface area (Å²) in [4.78, 5) is 0. The summed E-state index contributed by atoms with van der Waals surface area (Å²) in [5.41, 5.74) is 0. The van der Waals surface area contributed by atoms with Crippen molar-refractivity contribution in [2.24, 2.45) is 0 Å². The van der Waals surface area contributed by atoms with Crippen molar-refractivity contribution >= 4 is 27.3 Å². The smallest absolute Gasteiger partial charge is 0.373 e. The summed E-state index contributed by atoms with van der Waals surface area (Å²) in [5.74, 6) is 0. The van der Waals surface area contributed by atoms with Crippen LogP contribution in [0.3, 0.4) is 0 Å². The lowest BCUT2D eigenvalue weighted by molar-refractivity contribution is 0.0689. The highest BCUT2D eigenvalue weighted by Gasteiger charge is 2.52. The molecule has 0 spiro atoms. The average Bonchev–Trinajstić information content (AvgIpc) is 2.68. The van der Waals surface area contributed by atoms with Gasteiger partial charge in [0.2, 0.25) is 0 Å². The predicted octanol–water partition coefficient (Wildman–Crippen LogP) is 4.49. The quantitative estimate of drug-likeness (QED) is 0.418. The maximum Gasteiger partial charge on any atom is 0.509 e. The second-order valence-corrected chi connectivity index (χ2v) is 11.5. The number of hydrogen-bond donors (Lipinski definition) is 0. The molecule has 1 atom stereocenters. The molecule has 0 N–H and O–H groups in total. The molecule has 0 bridgehead atoms. The fourth-order valence-electron chi connectivity index (χ4n) is 3.29. The van der Waals surface area contributed by atoms with Crippen LogP contribution in [0.2, 0.25) is 0 Å². The first kappa shape index (κ1) is 21.3. The fraction of sp³-hybridized carbons (Fsp3) is 0.429. The van der Waals surface area contributed by atoms with Crippen molar-refractivity contribution in [3.63, 3.8) is 0 Å². The molecule has 2 aromatic carbocycles. The summed E-state index contributed by atoms with van der Waals surface area (Å²) in [5, 5.41) is 2.91. The van der Waals surface area contributed by atoms with Crippen molar-refractivity contribution in [3.05, 3.63) is 60.7 Å². The molecule has 0 amide bonds. The summed E-state index contributed by atoms with van der Waals surface area (Å²) in [6.07, 6.45) is 0.960. The van der Waals surface area contributed by atoms with Crippen LogP contribution in [0.4, 0.5) is 0 Å². The van der Waals surface area contributed by atoms with Crippen LogP contribution in [-0.2, 0) is 13.3 Å². The van der Waals surface area contributed by atoms with E-state index < -0.39 is 16.7 Å². The molecule has 3 nitrogen and oxygen atoms in total. The highest BCUT2D eigenvalue weighted by Crippen LogP contribution is 2.46. The van der Waals surface area contributed by atoms with Gasteiger partial charge in [-0.25, -0.2) is 0 Å². The standard InChI is InChI=1S/C21H31O3PSi/c1-5-21(26(22-6-2,23-7-3)24-8-4)25(19-15-11-9-12-16-19)20-17-13-10-14-18-20/h9-18,21H,5-8H2,1-4H3. The van der Waals surface area contributed by atoms with Gasteiger partial charge in [-0.1, -0.05) is 67.6 Å². The minimum absolute atomic E-state index is 0.224. The van der Waals surface area contributed by atoms with Crippen molar-refractivity contribution in [3.8, 4) is 0 Å². The Kier molecular flexibility index (Phi) is 8.96. The Morgan fingerprint density at radius 3 is 1.38 bits per heavy atom. The van der Waals surface area contributed by atoms with E-state index in [2.05, 4.69) is 67.6 Å². The molecule has 142 valence electrons. The Balaban J connectivity index is 2.57. The molecule has 0 saturated carbocycles. The van der Waals surface area contributed by atoms with Gasteiger partial charge in [0, 0.05) is 19.8 Å². The maximum atomic E-state index is 6.30. The third-order valence-electron chi connectivity index (χ3n) is 4.21. The largest absolute Gasteiger partial charge is 0.509 e. The second kappa shape index (κ2) is 11.0. The SMILES string of the molecule is CCO[Si](OCC)(OCC)C(CC)P(c1ccccc1)c1ccccc1. The molecule has 0 fully saturated rings. The van der Waals surface area contributed by atoms with E-state index in [4.69, 9.17) is 13.3 Å². The summed E-state index contributed by atoms with van der Waals surface area (Å²) in [6.45, 7) is 10.1. The molecule has 1 unspecified atom stereocenters. The van der Waals surface area contributed by atoms with Gasteiger partial charge < -0.3 is 13.3 Å². The van der Waals surface area contributed by atoms with E-state index in [1.807, 2.05) is 20.8 Å². The number of rotatable bonds is 11. The van der Waals surface area contributed by atoms with Gasteiger partial charge in [-0.2, -0.15) is 0 Å². The van der Waals surface area contributed by atoms with E-state index in [9.17, 15) is 0 Å². The lowest BCUT2D eigenvalue weighted by atomic mass is 10.4. The van der Waals surface area contributed by atoms with Gasteiger partial charge in [0.1, 0.15) is 0 Å². The first-order valence-corrected chi connectivity index (χ1v) is 12.7. The summed E-state index contributed by atoms with van der Waals surface area (Å²) in [7, 11) is -3.48. The lowest BCUT2D eigenvalue weighted by Crippen LogP contribution is -2.57. The van der Waals surface area contributed by atoms with E-state index in [0.717, 1.165) is 6.42 Å². The van der Waals surface area contributed by atoms with Gasteiger partial charge in [0.25, 0.3) is 0 Å². The predicted molar refractivity (Wildman–Crippen MR) is 114 cm³/mol. The Morgan fingerprint density at radius 1 is 0.692 bits per heavy atom. The molecule has 2 aromatic rings. The fourth-order valence-corrected chi connectivity index (χ4v) is 11.0. The zero-order valence-electron chi connectivity index (χ0n) is 16.4. The van der Waals surface area contributed by atoms with Gasteiger partial charge in [0.05, 0.1) is 5.28 Å². The van der Waals surface area contributed by atoms with Gasteiger partial charge in [0.15, 0.2) is 0 Å². The summed E-state index contributed by atoms with van der Waals surface area (Å²) >= 11 is 0. The number of benzene rings is 2. The van der Waals surface area contributed by atoms with Gasteiger partial charge in [-0.3, -0.25) is 0 Å². The van der Waals surface area contributed by atoms with E-state index in [0.29, 0.717) is 19.8 Å². The van der Waals surface area contributed by atoms with Crippen LogP contribution in [0.1, 0.15) is 34.1 Å². The molecule has 5 heteroatoms. The van der Waals surface area contributed by atoms with Gasteiger partial charge in [-0.05, 0) is 45.7 Å². The monoisotopic (exact) mass is 390 g/mol. The van der Waals surface area contributed by atoms with Crippen molar-refractivity contribution in [2.75, 3.05) is 19.8 Å². The zero-order valence-corrected chi connectivity index (χ0v) is 18.2. The first-order valence-electron chi connectivity index (χ1n) is 9.53. The normalized spacial score (nSPS) is 13.1. The first-order chi connectivity index (χ1) is 12.7. The van der Waals surface area contributed by atoms with E-state index in [-0.39, 0.29) is 5.28 Å². The van der Waals surface area contributed by atoms with Crippen LogP contribution < -0.4 is 10.6 Å². The Hall–Kier alpha value is -1.03. The summed E-state index contributed by atoms with van der Waals surface area (Å²) in [6, 6.07) is 21.5. The molecule has 0 aliphatic rings. The minimum Gasteiger partial charge on any atom is -0.373 e. The molecule has 2 rings (SSSR count). The third-order valence-corrected chi connectivity index (χ3v) is 11.9. The second-order valence-electron chi connectivity index (χ2n) is 5.87. The highest BCUT2D eigenvalue weighted by atomic mass is 31.1. The molecule has 26 heavy (non-hydrogen) atoms. The molecule has 0 aliphatic carbocycles. The van der Waals surface area contributed by atoms with Crippen molar-refractivity contribution in [2.45, 2.75) is 39.4 Å². The van der Waals surface area contributed by atoms with Gasteiger partial charge >= 0.3 is 8.80 Å². The highest BCUT2D eigenvalue weighted by molar-refractivity contribution is 7.75. The Morgan fingerprint density at radius 2 is 1.08 bits per heavy atom. The van der Waals surface area contributed by atoms with Crippen molar-refractivity contribution in [1.29, 1.82) is 0 Å². The Labute approximate surface area is 160 Å². The molecule has 0 aromatic heterocycles. The molecule has 0 heterocycles. The van der Waals surface area contributed by atoms with Crippen LogP contribution in [0.25, 0.3) is 0 Å². The van der Waals surface area contributed by atoms with Crippen LogP contribution >= 0.6 is 7.92 Å². The number of hydrogen-bond acceptors (Lipinski definition) is 3. The molecule has 0 radical (unpaired) electrons. The van der Waals surface area contributed by atoms with Crippen LogP contribution in [-0.4, -0.2) is 33.9 Å². The van der Waals surface area contributed by atoms with E-state index >= 15 is 0 Å². The van der Waals surface area contributed by atoms with Crippen LogP contribution in [0.5, 0.6) is 0 Å². The van der Waals surface area contributed by atoms with E-state index in [1.54, 1.807) is 0 Å². The maximum absolute atomic E-state index is 6.30. The third kappa shape index (κ3) is 5.02. The Bertz CT molecular complexity index is 567. The molecule has 0 saturated heterocycles. The van der Waals surface area contributed by atoms with Crippen molar-refractivity contribution < 1.29 is 13.3 Å². The zero-order chi connectivity index (χ0) is 18.8. The molecule has 0 aliphatic heterocycles. The van der Waals surface area contributed by atoms with Gasteiger partial charge in [-0.15, -0.1) is 0 Å². The van der Waals surface area contributed by atoms with E-state index in [1.165, 1.54) is 10.6 Å².